The minimum Gasteiger partial charge on any atom is -0.350 e. The Kier molecular flexibility index (Phi) is 5.35. The van der Waals surface area contributed by atoms with Crippen molar-refractivity contribution in [1.82, 2.24) is 9.97 Å². The summed E-state index contributed by atoms with van der Waals surface area (Å²) < 4.78 is 0. The minimum absolute atomic E-state index is 0.166. The number of halogens is 2. The number of nitrogens with one attached hydrogen (secondary N) is 2. The first-order valence-electron chi connectivity index (χ1n) is 8.25. The Balaban J connectivity index is 2.03. The lowest BCUT2D eigenvalue weighted by atomic mass is 10.1. The number of nitrogens with zero attached hydrogens (tertiary/aromatic N) is 2. The van der Waals surface area contributed by atoms with E-state index in [2.05, 4.69) is 41.4 Å². The van der Waals surface area contributed by atoms with Crippen molar-refractivity contribution in [3.05, 3.63) is 64.6 Å². The van der Waals surface area contributed by atoms with E-state index < -0.39 is 0 Å². The Morgan fingerprint density at radius 2 is 1.62 bits per heavy atom. The first-order valence-corrected chi connectivity index (χ1v) is 9.00. The van der Waals surface area contributed by atoms with Gasteiger partial charge < -0.3 is 10.6 Å². The molecule has 2 aromatic carbocycles. The van der Waals surface area contributed by atoms with Crippen LogP contribution in [0.3, 0.4) is 0 Å². The van der Waals surface area contributed by atoms with Gasteiger partial charge in [-0.15, -0.1) is 0 Å². The molecule has 0 radical (unpaired) electrons. The topological polar surface area (TPSA) is 49.8 Å². The van der Waals surface area contributed by atoms with E-state index in [0.29, 0.717) is 27.5 Å². The van der Waals surface area contributed by atoms with Crippen LogP contribution in [0.2, 0.25) is 10.0 Å². The van der Waals surface area contributed by atoms with Gasteiger partial charge in [-0.25, -0.2) is 4.98 Å². The van der Waals surface area contributed by atoms with Crippen molar-refractivity contribution < 1.29 is 0 Å². The van der Waals surface area contributed by atoms with Crippen molar-refractivity contribution in [3.8, 4) is 11.3 Å². The molecule has 0 bridgehead atoms. The zero-order chi connectivity index (χ0) is 18.7. The molecule has 0 atom stereocenters. The van der Waals surface area contributed by atoms with Crippen LogP contribution >= 0.6 is 23.2 Å². The molecule has 0 unspecified atom stereocenters. The first kappa shape index (κ1) is 18.5. The molecule has 0 saturated heterocycles. The van der Waals surface area contributed by atoms with Crippen LogP contribution in [-0.4, -0.2) is 15.5 Å². The Bertz CT molecular complexity index is 905. The molecule has 26 heavy (non-hydrogen) atoms. The fourth-order valence-electron chi connectivity index (χ4n) is 2.39. The summed E-state index contributed by atoms with van der Waals surface area (Å²) in [6, 6.07) is 17.1. The number of rotatable bonds is 4. The molecule has 0 aliphatic carbocycles. The lowest BCUT2D eigenvalue weighted by Gasteiger charge is -2.21. The maximum Gasteiger partial charge on any atom is 0.225 e. The molecule has 134 valence electrons. The van der Waals surface area contributed by atoms with E-state index in [0.717, 1.165) is 11.3 Å². The summed E-state index contributed by atoms with van der Waals surface area (Å²) in [6.45, 7) is 6.19. The molecule has 0 aliphatic heterocycles. The van der Waals surface area contributed by atoms with Crippen molar-refractivity contribution in [2.75, 3.05) is 10.6 Å². The predicted octanol–water partition coefficient (Wildman–Crippen LogP) is 6.40. The average Bonchev–Trinajstić information content (AvgIpc) is 2.57. The summed E-state index contributed by atoms with van der Waals surface area (Å²) in [6.07, 6.45) is 0. The van der Waals surface area contributed by atoms with Gasteiger partial charge in [-0.2, -0.15) is 4.98 Å². The zero-order valence-electron chi connectivity index (χ0n) is 14.8. The van der Waals surface area contributed by atoms with Crippen molar-refractivity contribution >= 4 is 40.7 Å². The van der Waals surface area contributed by atoms with Gasteiger partial charge in [-0.05, 0) is 39.0 Å². The van der Waals surface area contributed by atoms with Gasteiger partial charge >= 0.3 is 0 Å². The van der Waals surface area contributed by atoms with Crippen LogP contribution in [0.5, 0.6) is 0 Å². The SMILES string of the molecule is CC(C)(C)Nc1nc(Nc2cc(Cl)ccc2Cl)cc(-c2ccccc2)n1. The highest BCUT2D eigenvalue weighted by molar-refractivity contribution is 6.35. The van der Waals surface area contributed by atoms with Crippen LogP contribution in [0, 0.1) is 0 Å². The summed E-state index contributed by atoms with van der Waals surface area (Å²) in [5, 5.41) is 7.73. The molecular weight excluding hydrogens is 367 g/mol. The third kappa shape index (κ3) is 4.87. The van der Waals surface area contributed by atoms with E-state index in [9.17, 15) is 0 Å². The van der Waals surface area contributed by atoms with Crippen molar-refractivity contribution in [2.45, 2.75) is 26.3 Å². The monoisotopic (exact) mass is 386 g/mol. The van der Waals surface area contributed by atoms with E-state index in [4.69, 9.17) is 23.2 Å². The van der Waals surface area contributed by atoms with E-state index in [1.165, 1.54) is 0 Å². The van der Waals surface area contributed by atoms with E-state index in [1.54, 1.807) is 18.2 Å². The molecule has 1 heterocycles. The predicted molar refractivity (Wildman–Crippen MR) is 111 cm³/mol. The summed E-state index contributed by atoms with van der Waals surface area (Å²) in [5.74, 6) is 1.18. The second kappa shape index (κ2) is 7.52. The van der Waals surface area contributed by atoms with Crippen LogP contribution < -0.4 is 10.6 Å². The largest absolute Gasteiger partial charge is 0.350 e. The molecule has 0 amide bonds. The quantitative estimate of drug-likeness (QED) is 0.544. The molecule has 6 heteroatoms. The third-order valence-electron chi connectivity index (χ3n) is 3.47. The van der Waals surface area contributed by atoms with Crippen molar-refractivity contribution in [1.29, 1.82) is 0 Å². The molecule has 3 aromatic rings. The summed E-state index contributed by atoms with van der Waals surface area (Å²) >= 11 is 12.4. The van der Waals surface area contributed by atoms with Gasteiger partial charge in [0.05, 0.1) is 16.4 Å². The lowest BCUT2D eigenvalue weighted by molar-refractivity contribution is 0.626. The normalized spacial score (nSPS) is 11.3. The first-order chi connectivity index (χ1) is 12.3. The Labute approximate surface area is 163 Å². The van der Waals surface area contributed by atoms with E-state index in [-0.39, 0.29) is 5.54 Å². The lowest BCUT2D eigenvalue weighted by Crippen LogP contribution is -2.27. The van der Waals surface area contributed by atoms with Crippen molar-refractivity contribution in [3.63, 3.8) is 0 Å². The van der Waals surface area contributed by atoms with Gasteiger partial charge in [0.2, 0.25) is 5.95 Å². The summed E-state index contributed by atoms with van der Waals surface area (Å²) in [4.78, 5) is 9.22. The third-order valence-corrected chi connectivity index (χ3v) is 4.04. The maximum absolute atomic E-state index is 6.27. The Morgan fingerprint density at radius 3 is 2.31 bits per heavy atom. The standard InChI is InChI=1S/C20H20Cl2N4/c1-20(2,3)26-19-24-16(13-7-5-4-6-8-13)12-18(25-19)23-17-11-14(21)9-10-15(17)22/h4-12H,1-3H3,(H2,23,24,25,26). The van der Waals surface area contributed by atoms with Crippen LogP contribution in [-0.2, 0) is 0 Å². The van der Waals surface area contributed by atoms with Crippen LogP contribution in [0.25, 0.3) is 11.3 Å². The Morgan fingerprint density at radius 1 is 0.885 bits per heavy atom. The molecule has 0 fully saturated rings. The van der Waals surface area contributed by atoms with Gasteiger partial charge in [0.1, 0.15) is 5.82 Å². The molecular formula is C20H20Cl2N4. The highest BCUT2D eigenvalue weighted by Gasteiger charge is 2.14. The Hall–Kier alpha value is -2.30. The number of hydrogen-bond donors (Lipinski definition) is 2. The molecule has 3 rings (SSSR count). The van der Waals surface area contributed by atoms with Gasteiger partial charge in [-0.1, -0.05) is 53.5 Å². The highest BCUT2D eigenvalue weighted by Crippen LogP contribution is 2.30. The second-order valence-corrected chi connectivity index (χ2v) is 7.80. The van der Waals surface area contributed by atoms with Gasteiger partial charge in [0, 0.05) is 22.2 Å². The average molecular weight is 387 g/mol. The molecule has 0 saturated carbocycles. The molecule has 2 N–H and O–H groups in total. The fourth-order valence-corrected chi connectivity index (χ4v) is 2.73. The fraction of sp³-hybridized carbons (Fsp3) is 0.200. The molecule has 0 spiro atoms. The number of aromatic nitrogens is 2. The second-order valence-electron chi connectivity index (χ2n) is 6.95. The smallest absolute Gasteiger partial charge is 0.225 e. The van der Waals surface area contributed by atoms with E-state index >= 15 is 0 Å². The molecule has 1 aromatic heterocycles. The van der Waals surface area contributed by atoms with Gasteiger partial charge in [0.25, 0.3) is 0 Å². The number of hydrogen-bond acceptors (Lipinski definition) is 4. The minimum atomic E-state index is -0.166. The van der Waals surface area contributed by atoms with Gasteiger partial charge in [0.15, 0.2) is 0 Å². The van der Waals surface area contributed by atoms with Crippen LogP contribution in [0.15, 0.2) is 54.6 Å². The summed E-state index contributed by atoms with van der Waals surface area (Å²) in [5.41, 5.74) is 2.35. The van der Waals surface area contributed by atoms with Gasteiger partial charge in [-0.3, -0.25) is 0 Å². The number of benzene rings is 2. The summed E-state index contributed by atoms with van der Waals surface area (Å²) in [7, 11) is 0. The van der Waals surface area contributed by atoms with Crippen LogP contribution in [0.1, 0.15) is 20.8 Å². The van der Waals surface area contributed by atoms with Crippen molar-refractivity contribution in [2.24, 2.45) is 0 Å². The maximum atomic E-state index is 6.27. The molecule has 4 nitrogen and oxygen atoms in total. The molecule has 0 aliphatic rings. The zero-order valence-corrected chi connectivity index (χ0v) is 16.4. The van der Waals surface area contributed by atoms with E-state index in [1.807, 2.05) is 36.4 Å². The van der Waals surface area contributed by atoms with Crippen LogP contribution in [0.4, 0.5) is 17.5 Å². The number of anilines is 3. The highest BCUT2D eigenvalue weighted by atomic mass is 35.5.